The number of fused-ring (bicyclic) bond motifs is 8. The molecule has 280 valence electrons. The molecule has 0 unspecified atom stereocenters. The van der Waals surface area contributed by atoms with Crippen molar-refractivity contribution >= 4 is 82.1 Å². The number of furan rings is 1. The Kier molecular flexibility index (Phi) is 7.89. The summed E-state index contributed by atoms with van der Waals surface area (Å²) in [5.74, 6) is 0. The van der Waals surface area contributed by atoms with Gasteiger partial charge in [-0.25, -0.2) is 0 Å². The van der Waals surface area contributed by atoms with Crippen molar-refractivity contribution in [3.05, 3.63) is 224 Å². The molecular formula is C58H37NO. The molecule has 0 aliphatic rings. The minimum Gasteiger partial charge on any atom is -0.456 e. The Balaban J connectivity index is 1.03. The summed E-state index contributed by atoms with van der Waals surface area (Å²) in [6, 6.07) is 81.4. The number of hydrogen-bond donors (Lipinski definition) is 0. The third kappa shape index (κ3) is 5.73. The first kappa shape index (κ1) is 34.1. The Morgan fingerprint density at radius 2 is 0.817 bits per heavy atom. The highest BCUT2D eigenvalue weighted by Gasteiger charge is 2.19. The van der Waals surface area contributed by atoms with E-state index in [9.17, 15) is 0 Å². The summed E-state index contributed by atoms with van der Waals surface area (Å²) >= 11 is 0. The third-order valence-electron chi connectivity index (χ3n) is 12.2. The van der Waals surface area contributed by atoms with Gasteiger partial charge < -0.3 is 9.32 Å². The zero-order chi connectivity index (χ0) is 39.6. The molecule has 1 aromatic heterocycles. The van der Waals surface area contributed by atoms with Crippen LogP contribution in [-0.2, 0) is 0 Å². The molecule has 0 saturated carbocycles. The molecule has 12 aromatic rings. The van der Waals surface area contributed by atoms with E-state index < -0.39 is 0 Å². The molecule has 0 amide bonds. The first-order valence-corrected chi connectivity index (χ1v) is 20.6. The molecule has 60 heavy (non-hydrogen) atoms. The van der Waals surface area contributed by atoms with E-state index >= 15 is 0 Å². The van der Waals surface area contributed by atoms with E-state index in [1.165, 1.54) is 70.9 Å². The highest BCUT2D eigenvalue weighted by molar-refractivity contribution is 6.16. The SMILES string of the molecule is c1ccc(-c2ccc(-c3cccc(N(c4ccc5c(-c6cc7ccccc7c7ccccc67)cccc5c4)c4ccc5oc6cc7ccccc7cc6c5c4)c3)cc2)cc1. The molecule has 11 aromatic carbocycles. The molecule has 2 nitrogen and oxygen atoms in total. The highest BCUT2D eigenvalue weighted by Crippen LogP contribution is 2.44. The van der Waals surface area contributed by atoms with Gasteiger partial charge in [0, 0.05) is 27.8 Å². The molecule has 0 aliphatic carbocycles. The van der Waals surface area contributed by atoms with Gasteiger partial charge in [0.05, 0.1) is 0 Å². The van der Waals surface area contributed by atoms with E-state index in [2.05, 4.69) is 229 Å². The van der Waals surface area contributed by atoms with Crippen LogP contribution in [0.5, 0.6) is 0 Å². The molecule has 12 rings (SSSR count). The molecular weight excluding hydrogens is 727 g/mol. The van der Waals surface area contributed by atoms with E-state index in [4.69, 9.17) is 4.42 Å². The van der Waals surface area contributed by atoms with Crippen LogP contribution in [0.2, 0.25) is 0 Å². The van der Waals surface area contributed by atoms with Crippen LogP contribution in [0.15, 0.2) is 229 Å². The van der Waals surface area contributed by atoms with Crippen LogP contribution in [0, 0.1) is 0 Å². The lowest BCUT2D eigenvalue weighted by Crippen LogP contribution is -2.10. The zero-order valence-electron chi connectivity index (χ0n) is 32.7. The van der Waals surface area contributed by atoms with Gasteiger partial charge in [0.2, 0.25) is 0 Å². The number of hydrogen-bond acceptors (Lipinski definition) is 2. The smallest absolute Gasteiger partial charge is 0.136 e. The Hall–Kier alpha value is -7.94. The highest BCUT2D eigenvalue weighted by atomic mass is 16.3. The normalized spacial score (nSPS) is 11.7. The number of rotatable bonds is 6. The maximum Gasteiger partial charge on any atom is 0.136 e. The molecule has 1 heterocycles. The van der Waals surface area contributed by atoms with Crippen molar-refractivity contribution in [1.82, 2.24) is 0 Å². The average molecular weight is 764 g/mol. The van der Waals surface area contributed by atoms with Crippen LogP contribution in [-0.4, -0.2) is 0 Å². The van der Waals surface area contributed by atoms with Crippen molar-refractivity contribution in [3.63, 3.8) is 0 Å². The second kappa shape index (κ2) is 13.9. The molecule has 0 N–H and O–H groups in total. The van der Waals surface area contributed by atoms with Gasteiger partial charge in [0.1, 0.15) is 11.2 Å². The van der Waals surface area contributed by atoms with Crippen molar-refractivity contribution < 1.29 is 4.42 Å². The molecule has 0 spiro atoms. The molecule has 0 saturated heterocycles. The van der Waals surface area contributed by atoms with Crippen LogP contribution in [0.25, 0.3) is 98.4 Å². The topological polar surface area (TPSA) is 16.4 Å². The predicted molar refractivity (Wildman–Crippen MR) is 255 cm³/mol. The van der Waals surface area contributed by atoms with Gasteiger partial charge in [-0.2, -0.15) is 0 Å². The van der Waals surface area contributed by atoms with Gasteiger partial charge in [-0.3, -0.25) is 0 Å². The quantitative estimate of drug-likeness (QED) is 0.157. The lowest BCUT2D eigenvalue weighted by atomic mass is 9.90. The molecule has 2 heteroatoms. The number of nitrogens with zero attached hydrogens (tertiary/aromatic N) is 1. The molecule has 0 aliphatic heterocycles. The van der Waals surface area contributed by atoms with Crippen molar-refractivity contribution in [2.24, 2.45) is 0 Å². The summed E-state index contributed by atoms with van der Waals surface area (Å²) in [6.07, 6.45) is 0. The fourth-order valence-electron chi connectivity index (χ4n) is 9.27. The standard InChI is InChI=1S/C58H37NO/c1-2-12-38(13-3-1)39-24-26-40(27-25-39)41-17-10-19-46(32-41)59(48-29-31-57-56(37-48)55-34-42-14-4-5-15-43(42)36-58(55)60-57)47-28-30-50-44(33-47)18-11-23-52(50)54-35-45-16-6-7-20-49(45)51-21-8-9-22-53(51)54/h1-37H. The monoisotopic (exact) mass is 763 g/mol. The Morgan fingerprint density at radius 1 is 0.250 bits per heavy atom. The number of benzene rings is 11. The van der Waals surface area contributed by atoms with Crippen LogP contribution in [0.4, 0.5) is 17.1 Å². The van der Waals surface area contributed by atoms with E-state index in [1.807, 2.05) is 0 Å². The second-order valence-corrected chi connectivity index (χ2v) is 15.7. The van der Waals surface area contributed by atoms with Gasteiger partial charge in [-0.1, -0.05) is 164 Å². The van der Waals surface area contributed by atoms with E-state index in [0.717, 1.165) is 44.6 Å². The van der Waals surface area contributed by atoms with Crippen molar-refractivity contribution in [1.29, 1.82) is 0 Å². The number of anilines is 3. The fraction of sp³-hybridized carbons (Fsp3) is 0. The third-order valence-corrected chi connectivity index (χ3v) is 12.2. The molecule has 0 radical (unpaired) electrons. The fourth-order valence-corrected chi connectivity index (χ4v) is 9.27. The minimum absolute atomic E-state index is 0.877. The average Bonchev–Trinajstić information content (AvgIpc) is 3.67. The van der Waals surface area contributed by atoms with Crippen LogP contribution in [0.1, 0.15) is 0 Å². The molecule has 0 bridgehead atoms. The van der Waals surface area contributed by atoms with Gasteiger partial charge in [0.25, 0.3) is 0 Å². The predicted octanol–water partition coefficient (Wildman–Crippen LogP) is 16.7. The summed E-state index contributed by atoms with van der Waals surface area (Å²) in [5.41, 5.74) is 12.2. The van der Waals surface area contributed by atoms with Crippen molar-refractivity contribution in [2.45, 2.75) is 0 Å². The summed E-state index contributed by atoms with van der Waals surface area (Å²) in [4.78, 5) is 2.39. The van der Waals surface area contributed by atoms with E-state index in [1.54, 1.807) is 0 Å². The maximum absolute atomic E-state index is 6.48. The summed E-state index contributed by atoms with van der Waals surface area (Å²) in [6.45, 7) is 0. The Morgan fingerprint density at radius 3 is 1.65 bits per heavy atom. The van der Waals surface area contributed by atoms with Gasteiger partial charge in [-0.05, 0) is 137 Å². The Labute approximate surface area is 347 Å². The maximum atomic E-state index is 6.48. The van der Waals surface area contributed by atoms with E-state index in [0.29, 0.717) is 0 Å². The summed E-state index contributed by atoms with van der Waals surface area (Å²) in [7, 11) is 0. The van der Waals surface area contributed by atoms with Crippen molar-refractivity contribution in [2.75, 3.05) is 4.90 Å². The largest absolute Gasteiger partial charge is 0.456 e. The van der Waals surface area contributed by atoms with E-state index in [-0.39, 0.29) is 0 Å². The lowest BCUT2D eigenvalue weighted by molar-refractivity contribution is 0.669. The minimum atomic E-state index is 0.877. The lowest BCUT2D eigenvalue weighted by Gasteiger charge is -2.27. The Bertz CT molecular complexity index is 3600. The summed E-state index contributed by atoms with van der Waals surface area (Å²) in [5, 5.41) is 12.0. The molecule has 0 atom stereocenters. The summed E-state index contributed by atoms with van der Waals surface area (Å²) < 4.78 is 6.48. The second-order valence-electron chi connectivity index (χ2n) is 15.7. The zero-order valence-corrected chi connectivity index (χ0v) is 32.7. The van der Waals surface area contributed by atoms with Crippen LogP contribution in [0.3, 0.4) is 0 Å². The van der Waals surface area contributed by atoms with Gasteiger partial charge >= 0.3 is 0 Å². The first-order chi connectivity index (χ1) is 29.7. The van der Waals surface area contributed by atoms with Crippen molar-refractivity contribution in [3.8, 4) is 33.4 Å². The van der Waals surface area contributed by atoms with Crippen LogP contribution < -0.4 is 4.90 Å². The van der Waals surface area contributed by atoms with Gasteiger partial charge in [-0.15, -0.1) is 0 Å². The van der Waals surface area contributed by atoms with Gasteiger partial charge in [0.15, 0.2) is 0 Å². The van der Waals surface area contributed by atoms with Crippen LogP contribution >= 0.6 is 0 Å². The first-order valence-electron chi connectivity index (χ1n) is 20.6. The molecule has 0 fully saturated rings.